The van der Waals surface area contributed by atoms with Gasteiger partial charge in [-0.15, -0.1) is 0 Å². The molecule has 0 aliphatic heterocycles. The number of rotatable bonds is 8. The zero-order valence-electron chi connectivity index (χ0n) is 11.9. The first-order chi connectivity index (χ1) is 8.91. The Labute approximate surface area is 117 Å². The molecule has 2 N–H and O–H groups in total. The minimum atomic E-state index is -2.88. The second-order valence-electron chi connectivity index (χ2n) is 5.22. The lowest BCUT2D eigenvalue weighted by molar-refractivity contribution is 0.373. The Hall–Kier alpha value is -0.870. The summed E-state index contributed by atoms with van der Waals surface area (Å²) in [6, 6.07) is 10.1. The predicted molar refractivity (Wildman–Crippen MR) is 80.9 cm³/mol. The highest BCUT2D eigenvalue weighted by molar-refractivity contribution is 7.91. The van der Waals surface area contributed by atoms with Crippen LogP contribution in [0.3, 0.4) is 0 Å². The molecule has 0 saturated heterocycles. The molecule has 1 unspecified atom stereocenters. The third-order valence-corrected chi connectivity index (χ3v) is 5.46. The van der Waals surface area contributed by atoms with E-state index < -0.39 is 9.84 Å². The van der Waals surface area contributed by atoms with Gasteiger partial charge in [0.15, 0.2) is 0 Å². The first-order valence-electron chi connectivity index (χ1n) is 6.94. The molecule has 0 fully saturated rings. The molecular formula is C15H25NO2S. The van der Waals surface area contributed by atoms with Gasteiger partial charge >= 0.3 is 0 Å². The van der Waals surface area contributed by atoms with E-state index in [0.29, 0.717) is 6.42 Å². The van der Waals surface area contributed by atoms with E-state index in [0.717, 1.165) is 19.3 Å². The van der Waals surface area contributed by atoms with Gasteiger partial charge in [-0.05, 0) is 31.2 Å². The molecule has 1 aromatic rings. The third-order valence-electron chi connectivity index (χ3n) is 3.67. The molecule has 0 aliphatic carbocycles. The van der Waals surface area contributed by atoms with Crippen LogP contribution in [-0.2, 0) is 16.3 Å². The third kappa shape index (κ3) is 5.74. The molecule has 108 valence electrons. The van der Waals surface area contributed by atoms with E-state index >= 15 is 0 Å². The summed E-state index contributed by atoms with van der Waals surface area (Å²) in [5.74, 6) is 0.465. The number of benzene rings is 1. The summed E-state index contributed by atoms with van der Waals surface area (Å²) in [7, 11) is -2.88. The van der Waals surface area contributed by atoms with Crippen molar-refractivity contribution in [3.05, 3.63) is 35.9 Å². The van der Waals surface area contributed by atoms with Crippen LogP contribution in [-0.4, -0.2) is 25.5 Å². The van der Waals surface area contributed by atoms with Gasteiger partial charge in [0.05, 0.1) is 5.75 Å². The molecule has 0 amide bonds. The molecule has 1 atom stereocenters. The van der Waals surface area contributed by atoms with Crippen molar-refractivity contribution in [3.63, 3.8) is 0 Å². The molecule has 0 aliphatic rings. The number of sulfone groups is 1. The molecule has 0 heterocycles. The van der Waals surface area contributed by atoms with E-state index in [1.54, 1.807) is 6.92 Å². The lowest BCUT2D eigenvalue weighted by atomic mass is 9.85. The van der Waals surface area contributed by atoms with Crippen molar-refractivity contribution < 1.29 is 8.42 Å². The molecule has 1 rings (SSSR count). The molecule has 1 aromatic carbocycles. The van der Waals surface area contributed by atoms with E-state index in [2.05, 4.69) is 19.1 Å². The van der Waals surface area contributed by atoms with E-state index in [-0.39, 0.29) is 17.0 Å². The molecule has 3 nitrogen and oxygen atoms in total. The number of hydrogen-bond donors (Lipinski definition) is 1. The van der Waals surface area contributed by atoms with Gasteiger partial charge in [-0.2, -0.15) is 0 Å². The van der Waals surface area contributed by atoms with E-state index in [9.17, 15) is 8.42 Å². The first kappa shape index (κ1) is 16.2. The quantitative estimate of drug-likeness (QED) is 0.797. The Bertz CT molecular complexity index is 470. The standard InChI is InChI=1S/C15H25NO2S/c1-3-15(16,11-8-12-19(17,18)4-2)13-14-9-6-5-7-10-14/h5-7,9-10H,3-4,8,11-13,16H2,1-2H3. The van der Waals surface area contributed by atoms with Crippen molar-refractivity contribution in [1.29, 1.82) is 0 Å². The molecule has 0 radical (unpaired) electrons. The maximum Gasteiger partial charge on any atom is 0.150 e. The van der Waals surface area contributed by atoms with Crippen molar-refractivity contribution in [2.75, 3.05) is 11.5 Å². The summed E-state index contributed by atoms with van der Waals surface area (Å²) in [6.07, 6.45) is 3.05. The van der Waals surface area contributed by atoms with Crippen LogP contribution in [0.2, 0.25) is 0 Å². The topological polar surface area (TPSA) is 60.2 Å². The summed E-state index contributed by atoms with van der Waals surface area (Å²) >= 11 is 0. The summed E-state index contributed by atoms with van der Waals surface area (Å²) in [6.45, 7) is 3.76. The van der Waals surface area contributed by atoms with Crippen LogP contribution in [0, 0.1) is 0 Å². The van der Waals surface area contributed by atoms with Gasteiger partial charge < -0.3 is 5.73 Å². The van der Waals surface area contributed by atoms with Crippen molar-refractivity contribution in [2.24, 2.45) is 5.73 Å². The summed E-state index contributed by atoms with van der Waals surface area (Å²) in [4.78, 5) is 0. The van der Waals surface area contributed by atoms with Crippen molar-refractivity contribution in [1.82, 2.24) is 0 Å². The highest BCUT2D eigenvalue weighted by atomic mass is 32.2. The largest absolute Gasteiger partial charge is 0.325 e. The maximum atomic E-state index is 11.5. The minimum Gasteiger partial charge on any atom is -0.325 e. The van der Waals surface area contributed by atoms with Crippen LogP contribution in [0.25, 0.3) is 0 Å². The fourth-order valence-electron chi connectivity index (χ4n) is 2.18. The first-order valence-corrected chi connectivity index (χ1v) is 8.76. The smallest absolute Gasteiger partial charge is 0.150 e. The van der Waals surface area contributed by atoms with Crippen molar-refractivity contribution in [2.45, 2.75) is 45.1 Å². The normalized spacial score (nSPS) is 15.1. The molecule has 19 heavy (non-hydrogen) atoms. The van der Waals surface area contributed by atoms with E-state index in [4.69, 9.17) is 5.73 Å². The maximum absolute atomic E-state index is 11.5. The van der Waals surface area contributed by atoms with Crippen LogP contribution in [0.4, 0.5) is 0 Å². The van der Waals surface area contributed by atoms with Gasteiger partial charge in [0, 0.05) is 11.3 Å². The fraction of sp³-hybridized carbons (Fsp3) is 0.600. The predicted octanol–water partition coefficient (Wildman–Crippen LogP) is 2.55. The number of nitrogens with two attached hydrogens (primary N) is 1. The minimum absolute atomic E-state index is 0.218. The summed E-state index contributed by atoms with van der Waals surface area (Å²) < 4.78 is 23.0. The van der Waals surface area contributed by atoms with Gasteiger partial charge in [-0.25, -0.2) is 8.42 Å². The molecule has 0 saturated carbocycles. The second-order valence-corrected chi connectivity index (χ2v) is 7.69. The molecular weight excluding hydrogens is 258 g/mol. The summed E-state index contributed by atoms with van der Waals surface area (Å²) in [5.41, 5.74) is 7.32. The Balaban J connectivity index is 2.56. The Morgan fingerprint density at radius 2 is 1.79 bits per heavy atom. The fourth-order valence-corrected chi connectivity index (χ4v) is 3.05. The second kappa shape index (κ2) is 7.06. The zero-order chi connectivity index (χ0) is 14.4. The van der Waals surface area contributed by atoms with Crippen LogP contribution >= 0.6 is 0 Å². The monoisotopic (exact) mass is 283 g/mol. The average Bonchev–Trinajstić information content (AvgIpc) is 2.39. The van der Waals surface area contributed by atoms with Gasteiger partial charge in [0.2, 0.25) is 0 Å². The SMILES string of the molecule is CCC(N)(CCCS(=O)(=O)CC)Cc1ccccc1. The molecule has 0 spiro atoms. The van der Waals surface area contributed by atoms with Crippen LogP contribution < -0.4 is 5.73 Å². The van der Waals surface area contributed by atoms with E-state index in [1.165, 1.54) is 5.56 Å². The Morgan fingerprint density at radius 1 is 1.16 bits per heavy atom. The van der Waals surface area contributed by atoms with Crippen LogP contribution in [0.15, 0.2) is 30.3 Å². The molecule has 0 bridgehead atoms. The van der Waals surface area contributed by atoms with Crippen LogP contribution in [0.1, 0.15) is 38.7 Å². The van der Waals surface area contributed by atoms with Gasteiger partial charge in [-0.1, -0.05) is 44.2 Å². The highest BCUT2D eigenvalue weighted by Crippen LogP contribution is 2.20. The Kier molecular flexibility index (Phi) is 6.01. The van der Waals surface area contributed by atoms with Gasteiger partial charge in [-0.3, -0.25) is 0 Å². The van der Waals surface area contributed by atoms with Crippen molar-refractivity contribution in [3.8, 4) is 0 Å². The number of hydrogen-bond acceptors (Lipinski definition) is 3. The lowest BCUT2D eigenvalue weighted by Crippen LogP contribution is -2.41. The van der Waals surface area contributed by atoms with Gasteiger partial charge in [0.25, 0.3) is 0 Å². The summed E-state index contributed by atoms with van der Waals surface area (Å²) in [5, 5.41) is 0. The average molecular weight is 283 g/mol. The Morgan fingerprint density at radius 3 is 2.32 bits per heavy atom. The van der Waals surface area contributed by atoms with E-state index in [1.807, 2.05) is 18.2 Å². The van der Waals surface area contributed by atoms with Crippen molar-refractivity contribution >= 4 is 9.84 Å². The highest BCUT2D eigenvalue weighted by Gasteiger charge is 2.23. The zero-order valence-corrected chi connectivity index (χ0v) is 12.7. The molecule has 0 aromatic heterocycles. The van der Waals surface area contributed by atoms with Gasteiger partial charge in [0.1, 0.15) is 9.84 Å². The molecule has 4 heteroatoms. The van der Waals surface area contributed by atoms with Crippen LogP contribution in [0.5, 0.6) is 0 Å². The lowest BCUT2D eigenvalue weighted by Gasteiger charge is -2.28.